The Bertz CT molecular complexity index is 1060. The van der Waals surface area contributed by atoms with E-state index in [2.05, 4.69) is 4.90 Å². The van der Waals surface area contributed by atoms with Gasteiger partial charge in [-0.15, -0.1) is 0 Å². The number of aliphatic hydroxyl groups excluding tert-OH is 1. The van der Waals surface area contributed by atoms with E-state index in [-0.39, 0.29) is 12.6 Å². The summed E-state index contributed by atoms with van der Waals surface area (Å²) in [6.45, 7) is 4.94. The lowest BCUT2D eigenvalue weighted by Gasteiger charge is -2.25. The lowest BCUT2D eigenvalue weighted by molar-refractivity contribution is -0.147. The fourth-order valence-corrected chi connectivity index (χ4v) is 3.94. The van der Waals surface area contributed by atoms with Crippen molar-refractivity contribution in [2.75, 3.05) is 13.2 Å². The Kier molecular flexibility index (Phi) is 7.98. The molecule has 0 amide bonds. The van der Waals surface area contributed by atoms with E-state index < -0.39 is 6.10 Å². The van der Waals surface area contributed by atoms with Crippen LogP contribution in [0.4, 0.5) is 0 Å². The Morgan fingerprint density at radius 3 is 2.47 bits per heavy atom. The van der Waals surface area contributed by atoms with Crippen LogP contribution in [0.15, 0.2) is 60.7 Å². The van der Waals surface area contributed by atoms with Gasteiger partial charge in [0, 0.05) is 25.6 Å². The number of carbonyl (C=O) groups is 1. The zero-order valence-electron chi connectivity index (χ0n) is 19.9. The highest BCUT2D eigenvalue weighted by Gasteiger charge is 2.33. The molecular formula is C27H33N3O4. The normalized spacial score (nSPS) is 14.2. The van der Waals surface area contributed by atoms with Crippen molar-refractivity contribution in [1.82, 2.24) is 14.7 Å². The summed E-state index contributed by atoms with van der Waals surface area (Å²) < 4.78 is 13.4. The fourth-order valence-electron chi connectivity index (χ4n) is 3.94. The van der Waals surface area contributed by atoms with Crippen LogP contribution in [0.2, 0.25) is 0 Å². The van der Waals surface area contributed by atoms with Crippen molar-refractivity contribution < 1.29 is 19.4 Å². The van der Waals surface area contributed by atoms with Gasteiger partial charge >= 0.3 is 5.97 Å². The van der Waals surface area contributed by atoms with Gasteiger partial charge in [0.05, 0.1) is 16.9 Å². The summed E-state index contributed by atoms with van der Waals surface area (Å²) >= 11 is 0. The molecule has 0 radical (unpaired) electrons. The number of para-hydroxylation sites is 2. The molecule has 7 nitrogen and oxygen atoms in total. The van der Waals surface area contributed by atoms with Gasteiger partial charge < -0.3 is 14.6 Å². The minimum Gasteiger partial charge on any atom is -0.463 e. The average molecular weight is 464 g/mol. The topological polar surface area (TPSA) is 76.8 Å². The molecule has 34 heavy (non-hydrogen) atoms. The number of hydrogen-bond donors (Lipinski definition) is 1. The highest BCUT2D eigenvalue weighted by atomic mass is 16.5. The summed E-state index contributed by atoms with van der Waals surface area (Å²) in [6.07, 6.45) is 2.53. The van der Waals surface area contributed by atoms with Gasteiger partial charge in [0.1, 0.15) is 18.5 Å². The van der Waals surface area contributed by atoms with Crippen molar-refractivity contribution in [3.63, 3.8) is 0 Å². The van der Waals surface area contributed by atoms with Crippen LogP contribution in [0.3, 0.4) is 0 Å². The highest BCUT2D eigenvalue weighted by molar-refractivity contribution is 5.69. The molecule has 0 spiro atoms. The van der Waals surface area contributed by atoms with Crippen molar-refractivity contribution in [3.05, 3.63) is 71.9 Å². The monoisotopic (exact) mass is 463 g/mol. The van der Waals surface area contributed by atoms with Crippen LogP contribution >= 0.6 is 0 Å². The molecule has 180 valence electrons. The minimum absolute atomic E-state index is 0.0116. The van der Waals surface area contributed by atoms with Crippen LogP contribution in [0.25, 0.3) is 5.69 Å². The van der Waals surface area contributed by atoms with E-state index in [1.807, 2.05) is 79.2 Å². The number of aliphatic hydroxyl groups is 1. The van der Waals surface area contributed by atoms with Gasteiger partial charge in [0.2, 0.25) is 5.88 Å². The van der Waals surface area contributed by atoms with Crippen molar-refractivity contribution in [3.8, 4) is 17.3 Å². The third-order valence-electron chi connectivity index (χ3n) is 5.86. The van der Waals surface area contributed by atoms with E-state index in [1.165, 1.54) is 0 Å². The number of rotatable bonds is 12. The molecule has 0 saturated heterocycles. The first-order valence-corrected chi connectivity index (χ1v) is 12.0. The first kappa shape index (κ1) is 24.0. The molecular weight excluding hydrogens is 430 g/mol. The molecule has 1 N–H and O–H groups in total. The van der Waals surface area contributed by atoms with Crippen molar-refractivity contribution in [1.29, 1.82) is 0 Å². The van der Waals surface area contributed by atoms with Crippen LogP contribution < -0.4 is 4.74 Å². The molecule has 2 aromatic carbocycles. The first-order chi connectivity index (χ1) is 16.5. The number of benzene rings is 2. The Balaban J connectivity index is 1.57. The molecule has 1 unspecified atom stereocenters. The van der Waals surface area contributed by atoms with E-state index in [1.54, 1.807) is 0 Å². The van der Waals surface area contributed by atoms with Crippen molar-refractivity contribution in [2.45, 2.75) is 58.2 Å². The average Bonchev–Trinajstić information content (AvgIpc) is 3.65. The molecule has 1 fully saturated rings. The summed E-state index contributed by atoms with van der Waals surface area (Å²) in [5.41, 5.74) is 2.78. The zero-order valence-corrected chi connectivity index (χ0v) is 19.9. The summed E-state index contributed by atoms with van der Waals surface area (Å²) in [5.74, 6) is 1.14. The van der Waals surface area contributed by atoms with Gasteiger partial charge in [-0.3, -0.25) is 9.69 Å². The quantitative estimate of drug-likeness (QED) is 0.394. The summed E-state index contributed by atoms with van der Waals surface area (Å²) in [5, 5.41) is 15.4. The van der Waals surface area contributed by atoms with E-state index in [0.717, 1.165) is 42.0 Å². The number of nitrogens with zero attached hydrogens (tertiary/aromatic N) is 3. The van der Waals surface area contributed by atoms with Crippen LogP contribution in [0, 0.1) is 6.92 Å². The standard InChI is InChI=1S/C27H33N3O4/c1-3-10-26(32)33-19-23(31)17-29(21-15-16-21)18-25-20(2)28-30(22-11-6-4-7-12-22)27(25)34-24-13-8-5-9-14-24/h4-9,11-14,21,23,31H,3,10,15-19H2,1-2H3. The number of aryl methyl sites for hydroxylation is 1. The van der Waals surface area contributed by atoms with Gasteiger partial charge in [-0.2, -0.15) is 5.10 Å². The number of aromatic nitrogens is 2. The van der Waals surface area contributed by atoms with Gasteiger partial charge in [0.25, 0.3) is 0 Å². The maximum atomic E-state index is 11.7. The molecule has 1 heterocycles. The molecule has 0 bridgehead atoms. The second-order valence-electron chi connectivity index (χ2n) is 8.78. The van der Waals surface area contributed by atoms with E-state index >= 15 is 0 Å². The molecule has 3 aromatic rings. The van der Waals surface area contributed by atoms with Gasteiger partial charge in [0.15, 0.2) is 0 Å². The Morgan fingerprint density at radius 1 is 1.15 bits per heavy atom. The van der Waals surface area contributed by atoms with Crippen LogP contribution in [0.5, 0.6) is 11.6 Å². The van der Waals surface area contributed by atoms with Gasteiger partial charge in [-0.25, -0.2) is 4.68 Å². The largest absolute Gasteiger partial charge is 0.463 e. The molecule has 1 aliphatic carbocycles. The summed E-state index contributed by atoms with van der Waals surface area (Å²) in [7, 11) is 0. The van der Waals surface area contributed by atoms with E-state index in [9.17, 15) is 9.90 Å². The smallest absolute Gasteiger partial charge is 0.305 e. The second-order valence-corrected chi connectivity index (χ2v) is 8.78. The number of carbonyl (C=O) groups excluding carboxylic acids is 1. The maximum Gasteiger partial charge on any atom is 0.305 e. The lowest BCUT2D eigenvalue weighted by atomic mass is 10.2. The van der Waals surface area contributed by atoms with Crippen molar-refractivity contribution in [2.24, 2.45) is 0 Å². The fraction of sp³-hybridized carbons (Fsp3) is 0.407. The molecule has 0 aliphatic heterocycles. The number of esters is 1. The van der Waals surface area contributed by atoms with Gasteiger partial charge in [-0.05, 0) is 50.5 Å². The third kappa shape index (κ3) is 6.24. The third-order valence-corrected chi connectivity index (χ3v) is 5.86. The minimum atomic E-state index is -0.746. The van der Waals surface area contributed by atoms with E-state index in [0.29, 0.717) is 31.4 Å². The highest BCUT2D eigenvalue weighted by Crippen LogP contribution is 2.35. The predicted octanol–water partition coefficient (Wildman–Crippen LogP) is 4.64. The Morgan fingerprint density at radius 2 is 1.82 bits per heavy atom. The predicted molar refractivity (Wildman–Crippen MR) is 130 cm³/mol. The number of hydrogen-bond acceptors (Lipinski definition) is 6. The van der Waals surface area contributed by atoms with Gasteiger partial charge in [-0.1, -0.05) is 43.3 Å². The van der Waals surface area contributed by atoms with E-state index in [4.69, 9.17) is 14.6 Å². The summed E-state index contributed by atoms with van der Waals surface area (Å²) in [6, 6.07) is 20.0. The molecule has 7 heteroatoms. The second kappa shape index (κ2) is 11.3. The van der Waals surface area contributed by atoms with Crippen LogP contribution in [0.1, 0.15) is 43.9 Å². The molecule has 4 rings (SSSR count). The molecule has 1 aliphatic rings. The molecule has 1 atom stereocenters. The van der Waals surface area contributed by atoms with Crippen LogP contribution in [-0.4, -0.2) is 51.1 Å². The Hall–Kier alpha value is -3.16. The molecule has 1 aromatic heterocycles. The SMILES string of the molecule is CCCC(=O)OCC(O)CN(Cc1c(C)nn(-c2ccccc2)c1Oc1ccccc1)C1CC1. The zero-order chi connectivity index (χ0) is 23.9. The maximum absolute atomic E-state index is 11.7. The van der Waals surface area contributed by atoms with Crippen LogP contribution in [-0.2, 0) is 16.1 Å². The molecule has 1 saturated carbocycles. The first-order valence-electron chi connectivity index (χ1n) is 12.0. The Labute approximate surface area is 200 Å². The lowest BCUT2D eigenvalue weighted by Crippen LogP contribution is -2.36. The van der Waals surface area contributed by atoms with Crippen molar-refractivity contribution >= 4 is 5.97 Å². The summed E-state index contributed by atoms with van der Waals surface area (Å²) in [4.78, 5) is 13.9. The number of ether oxygens (including phenoxy) is 2.